The van der Waals surface area contributed by atoms with Crippen LogP contribution in [0.5, 0.6) is 0 Å². The average molecular weight is 452 g/mol. The van der Waals surface area contributed by atoms with E-state index in [-0.39, 0.29) is 11.8 Å². The summed E-state index contributed by atoms with van der Waals surface area (Å²) in [5, 5.41) is 7.54. The Morgan fingerprint density at radius 1 is 0.935 bits per heavy atom. The van der Waals surface area contributed by atoms with Crippen molar-refractivity contribution in [2.45, 2.75) is 18.2 Å². The Hall–Kier alpha value is -3.09. The van der Waals surface area contributed by atoms with Gasteiger partial charge in [-0.1, -0.05) is 48.0 Å². The van der Waals surface area contributed by atoms with Gasteiger partial charge in [0, 0.05) is 33.3 Å². The Bertz CT molecular complexity index is 1090. The molecule has 158 valence electrons. The van der Waals surface area contributed by atoms with E-state index in [1.54, 1.807) is 55.1 Å². The normalized spacial score (nSPS) is 11.1. The van der Waals surface area contributed by atoms with Gasteiger partial charge in [0.15, 0.2) is 0 Å². The molecule has 0 saturated carbocycles. The summed E-state index contributed by atoms with van der Waals surface area (Å²) in [5.74, 6) is 0.279. The molecule has 0 spiro atoms. The van der Waals surface area contributed by atoms with Crippen LogP contribution in [0.15, 0.2) is 88.9 Å². The van der Waals surface area contributed by atoms with Crippen molar-refractivity contribution in [3.63, 3.8) is 0 Å². The maximum atomic E-state index is 12.4. The number of halogens is 1. The van der Waals surface area contributed by atoms with E-state index in [2.05, 4.69) is 15.8 Å². The molecule has 0 aromatic heterocycles. The van der Waals surface area contributed by atoms with Crippen molar-refractivity contribution >= 4 is 46.6 Å². The van der Waals surface area contributed by atoms with Crippen LogP contribution in [0.25, 0.3) is 0 Å². The van der Waals surface area contributed by atoms with Crippen LogP contribution in [0.2, 0.25) is 5.02 Å². The van der Waals surface area contributed by atoms with Crippen LogP contribution in [0.4, 0.5) is 5.69 Å². The minimum absolute atomic E-state index is 0.145. The number of anilines is 1. The van der Waals surface area contributed by atoms with E-state index in [1.165, 1.54) is 0 Å². The maximum Gasteiger partial charge on any atom is 0.255 e. The summed E-state index contributed by atoms with van der Waals surface area (Å²) >= 11 is 7.58. The zero-order valence-electron chi connectivity index (χ0n) is 17.0. The minimum Gasteiger partial charge on any atom is -0.322 e. The molecule has 0 aliphatic heterocycles. The summed E-state index contributed by atoms with van der Waals surface area (Å²) in [4.78, 5) is 25.6. The maximum absolute atomic E-state index is 12.4. The Kier molecular flexibility index (Phi) is 8.27. The lowest BCUT2D eigenvalue weighted by Gasteiger charge is -2.08. The van der Waals surface area contributed by atoms with Crippen LogP contribution in [0.1, 0.15) is 29.3 Å². The number of hydrazone groups is 1. The van der Waals surface area contributed by atoms with Crippen molar-refractivity contribution in [2.75, 3.05) is 11.1 Å². The van der Waals surface area contributed by atoms with Gasteiger partial charge in [0.1, 0.15) is 0 Å². The second-order valence-electron chi connectivity index (χ2n) is 6.69. The van der Waals surface area contributed by atoms with Gasteiger partial charge in [-0.3, -0.25) is 9.59 Å². The van der Waals surface area contributed by atoms with E-state index in [0.717, 1.165) is 10.5 Å². The fourth-order valence-electron chi connectivity index (χ4n) is 2.70. The van der Waals surface area contributed by atoms with Gasteiger partial charge in [-0.05, 0) is 55.0 Å². The van der Waals surface area contributed by atoms with Crippen molar-refractivity contribution in [1.82, 2.24) is 5.43 Å². The smallest absolute Gasteiger partial charge is 0.255 e. The lowest BCUT2D eigenvalue weighted by atomic mass is 10.1. The standard InChI is InChI=1S/C24H22ClN3O2S/c1-17(27-28-23(29)13-14-31-22-11-3-2-4-12-22)18-7-6-10-21(16-18)26-24(30)19-8-5-9-20(25)15-19/h2-12,15-16H,13-14H2,1H3,(H,26,30)(H,28,29)/b27-17+. The number of rotatable bonds is 8. The SMILES string of the molecule is C/C(=N\NC(=O)CCSc1ccccc1)c1cccc(NC(=O)c2cccc(Cl)c2)c1. The van der Waals surface area contributed by atoms with E-state index in [1.807, 2.05) is 42.5 Å². The fourth-order valence-corrected chi connectivity index (χ4v) is 3.76. The molecule has 0 aliphatic rings. The lowest BCUT2D eigenvalue weighted by molar-refractivity contribution is -0.120. The van der Waals surface area contributed by atoms with E-state index in [9.17, 15) is 9.59 Å². The third kappa shape index (κ3) is 7.27. The van der Waals surface area contributed by atoms with Crippen molar-refractivity contribution in [2.24, 2.45) is 5.10 Å². The first-order valence-corrected chi connectivity index (χ1v) is 11.1. The summed E-state index contributed by atoms with van der Waals surface area (Å²) < 4.78 is 0. The van der Waals surface area contributed by atoms with Gasteiger partial charge in [0.2, 0.25) is 5.91 Å². The average Bonchev–Trinajstić information content (AvgIpc) is 2.78. The molecule has 7 heteroatoms. The molecule has 0 fully saturated rings. The number of nitrogens with zero attached hydrogens (tertiary/aromatic N) is 1. The number of nitrogens with one attached hydrogen (secondary N) is 2. The number of benzene rings is 3. The van der Waals surface area contributed by atoms with Gasteiger partial charge in [-0.2, -0.15) is 5.10 Å². The van der Waals surface area contributed by atoms with Gasteiger partial charge in [0.05, 0.1) is 5.71 Å². The van der Waals surface area contributed by atoms with Gasteiger partial charge < -0.3 is 5.32 Å². The number of hydrogen-bond donors (Lipinski definition) is 2. The van der Waals surface area contributed by atoms with Crippen LogP contribution in [-0.2, 0) is 4.79 Å². The van der Waals surface area contributed by atoms with E-state index in [0.29, 0.717) is 34.2 Å². The molecule has 2 N–H and O–H groups in total. The zero-order chi connectivity index (χ0) is 22.1. The van der Waals surface area contributed by atoms with E-state index in [4.69, 9.17) is 11.6 Å². The van der Waals surface area contributed by atoms with Crippen LogP contribution in [0.3, 0.4) is 0 Å². The van der Waals surface area contributed by atoms with Crippen LogP contribution in [-0.4, -0.2) is 23.3 Å². The molecule has 3 rings (SSSR count). The summed E-state index contributed by atoms with van der Waals surface area (Å²) in [5.41, 5.74) is 5.13. The topological polar surface area (TPSA) is 70.6 Å². The molecule has 2 amide bonds. The van der Waals surface area contributed by atoms with Crippen LogP contribution >= 0.6 is 23.4 Å². The van der Waals surface area contributed by atoms with Crippen molar-refractivity contribution in [3.8, 4) is 0 Å². The molecule has 0 aliphatic carbocycles. The number of carbonyl (C=O) groups is 2. The number of carbonyl (C=O) groups excluding carboxylic acids is 2. The Balaban J connectivity index is 1.53. The predicted molar refractivity (Wildman–Crippen MR) is 128 cm³/mol. The molecule has 3 aromatic rings. The molecule has 0 bridgehead atoms. The highest BCUT2D eigenvalue weighted by atomic mass is 35.5. The second-order valence-corrected chi connectivity index (χ2v) is 8.29. The van der Waals surface area contributed by atoms with Gasteiger partial charge in [-0.25, -0.2) is 5.43 Å². The third-order valence-corrected chi connectivity index (χ3v) is 5.56. The molecule has 0 radical (unpaired) electrons. The monoisotopic (exact) mass is 451 g/mol. The number of amides is 2. The molecule has 3 aromatic carbocycles. The molecular formula is C24H22ClN3O2S. The van der Waals surface area contributed by atoms with Gasteiger partial charge >= 0.3 is 0 Å². The number of thioether (sulfide) groups is 1. The molecule has 0 unspecified atom stereocenters. The predicted octanol–water partition coefficient (Wildman–Crippen LogP) is 5.61. The Labute approximate surface area is 190 Å². The highest BCUT2D eigenvalue weighted by Gasteiger charge is 2.08. The molecule has 31 heavy (non-hydrogen) atoms. The van der Waals surface area contributed by atoms with Crippen molar-refractivity contribution < 1.29 is 9.59 Å². The Morgan fingerprint density at radius 2 is 1.68 bits per heavy atom. The second kappa shape index (κ2) is 11.3. The molecule has 0 atom stereocenters. The molecular weight excluding hydrogens is 430 g/mol. The highest BCUT2D eigenvalue weighted by Crippen LogP contribution is 2.18. The summed E-state index contributed by atoms with van der Waals surface area (Å²) in [6.45, 7) is 1.80. The highest BCUT2D eigenvalue weighted by molar-refractivity contribution is 7.99. The largest absolute Gasteiger partial charge is 0.322 e. The van der Waals surface area contributed by atoms with E-state index >= 15 is 0 Å². The third-order valence-electron chi connectivity index (χ3n) is 4.31. The Morgan fingerprint density at radius 3 is 2.45 bits per heavy atom. The number of hydrogen-bond acceptors (Lipinski definition) is 4. The summed E-state index contributed by atoms with van der Waals surface area (Å²) in [7, 11) is 0. The minimum atomic E-state index is -0.251. The van der Waals surface area contributed by atoms with Crippen LogP contribution in [0, 0.1) is 0 Å². The van der Waals surface area contributed by atoms with Crippen molar-refractivity contribution in [1.29, 1.82) is 0 Å². The first kappa shape index (κ1) is 22.6. The van der Waals surface area contributed by atoms with Crippen molar-refractivity contribution in [3.05, 3.63) is 95.0 Å². The van der Waals surface area contributed by atoms with Gasteiger partial charge in [-0.15, -0.1) is 11.8 Å². The molecule has 0 saturated heterocycles. The summed E-state index contributed by atoms with van der Waals surface area (Å²) in [6, 6.07) is 24.0. The van der Waals surface area contributed by atoms with Gasteiger partial charge in [0.25, 0.3) is 5.91 Å². The molecule has 0 heterocycles. The fraction of sp³-hybridized carbons (Fsp3) is 0.125. The zero-order valence-corrected chi connectivity index (χ0v) is 18.5. The molecule has 5 nitrogen and oxygen atoms in total. The summed E-state index contributed by atoms with van der Waals surface area (Å²) in [6.07, 6.45) is 0.367. The lowest BCUT2D eigenvalue weighted by Crippen LogP contribution is -2.19. The van der Waals surface area contributed by atoms with Crippen LogP contribution < -0.4 is 10.7 Å². The first-order chi connectivity index (χ1) is 15.0. The quantitative estimate of drug-likeness (QED) is 0.265. The van der Waals surface area contributed by atoms with E-state index < -0.39 is 0 Å². The first-order valence-electron chi connectivity index (χ1n) is 9.69.